The predicted octanol–water partition coefficient (Wildman–Crippen LogP) is 3.29. The topological polar surface area (TPSA) is 80.4 Å². The van der Waals surface area contributed by atoms with Crippen LogP contribution in [0.3, 0.4) is 0 Å². The van der Waals surface area contributed by atoms with Gasteiger partial charge in [-0.25, -0.2) is 10.1 Å². The van der Waals surface area contributed by atoms with Gasteiger partial charge < -0.3 is 0 Å². The summed E-state index contributed by atoms with van der Waals surface area (Å²) in [5.74, 6) is -0.380. The number of rotatable bonds is 3. The molecule has 1 heterocycles. The molecule has 110 valence electrons. The Morgan fingerprint density at radius 2 is 1.82 bits per heavy atom. The van der Waals surface area contributed by atoms with Crippen molar-refractivity contribution < 1.29 is 9.42 Å². The van der Waals surface area contributed by atoms with Crippen molar-refractivity contribution in [3.05, 3.63) is 57.6 Å². The third kappa shape index (κ3) is 3.24. The van der Waals surface area contributed by atoms with E-state index < -0.39 is 0 Å². The van der Waals surface area contributed by atoms with Crippen LogP contribution in [0.15, 0.2) is 46.1 Å². The summed E-state index contributed by atoms with van der Waals surface area (Å²) in [6.45, 7) is 0. The van der Waals surface area contributed by atoms with Crippen LogP contribution in [0.2, 0.25) is 10.0 Å². The predicted molar refractivity (Wildman–Crippen MR) is 83.3 cm³/mol. The molecule has 0 radical (unpaired) electrons. The molecule has 0 saturated carbocycles. The highest BCUT2D eigenvalue weighted by Crippen LogP contribution is 2.17. The quantitative estimate of drug-likeness (QED) is 0.588. The molecule has 3 aromatic rings. The fourth-order valence-electron chi connectivity index (χ4n) is 1.80. The van der Waals surface area contributed by atoms with Crippen LogP contribution in [-0.4, -0.2) is 22.4 Å². The molecule has 0 aliphatic carbocycles. The zero-order valence-electron chi connectivity index (χ0n) is 11.0. The van der Waals surface area contributed by atoms with Crippen LogP contribution in [-0.2, 0) is 0 Å². The highest BCUT2D eigenvalue weighted by atomic mass is 35.5. The lowest BCUT2D eigenvalue weighted by molar-refractivity contribution is 0.0955. The van der Waals surface area contributed by atoms with Gasteiger partial charge in [0.25, 0.3) is 5.91 Å². The number of amides is 1. The van der Waals surface area contributed by atoms with E-state index in [1.165, 1.54) is 6.21 Å². The summed E-state index contributed by atoms with van der Waals surface area (Å²) < 4.78 is 4.57. The Balaban J connectivity index is 1.72. The zero-order valence-corrected chi connectivity index (χ0v) is 12.5. The molecule has 3 rings (SSSR count). The molecular weight excluding hydrogens is 327 g/mol. The van der Waals surface area contributed by atoms with Crippen molar-refractivity contribution in [2.45, 2.75) is 0 Å². The lowest BCUT2D eigenvalue weighted by Crippen LogP contribution is -2.17. The fraction of sp³-hybridized carbons (Fsp3) is 0. The molecule has 0 aliphatic heterocycles. The molecule has 6 nitrogen and oxygen atoms in total. The number of carbonyl (C=O) groups is 1. The number of carbonyl (C=O) groups excluding carboxylic acids is 1. The van der Waals surface area contributed by atoms with Crippen LogP contribution in [0.1, 0.15) is 15.9 Å². The highest BCUT2D eigenvalue weighted by molar-refractivity contribution is 6.35. The van der Waals surface area contributed by atoms with Crippen LogP contribution in [0, 0.1) is 0 Å². The summed E-state index contributed by atoms with van der Waals surface area (Å²) in [7, 11) is 0. The number of benzene rings is 2. The SMILES string of the molecule is O=C(N/N=C/c1cc(Cl)cc(Cl)c1)c1ccc2nonc2c1. The molecule has 0 aliphatic rings. The number of nitrogens with zero attached hydrogens (tertiary/aromatic N) is 3. The first-order valence-electron chi connectivity index (χ1n) is 6.14. The third-order valence-corrected chi connectivity index (χ3v) is 3.22. The first-order valence-corrected chi connectivity index (χ1v) is 6.89. The zero-order chi connectivity index (χ0) is 15.5. The minimum Gasteiger partial charge on any atom is -0.267 e. The van der Waals surface area contributed by atoms with E-state index in [4.69, 9.17) is 23.2 Å². The number of hydrogen-bond donors (Lipinski definition) is 1. The average Bonchev–Trinajstić information content (AvgIpc) is 2.93. The maximum Gasteiger partial charge on any atom is 0.271 e. The minimum atomic E-state index is -0.380. The lowest BCUT2D eigenvalue weighted by atomic mass is 10.2. The monoisotopic (exact) mass is 334 g/mol. The summed E-state index contributed by atoms with van der Waals surface area (Å²) in [5, 5.41) is 12.2. The molecule has 1 amide bonds. The first-order chi connectivity index (χ1) is 10.6. The average molecular weight is 335 g/mol. The third-order valence-electron chi connectivity index (χ3n) is 2.78. The molecular formula is C14H8Cl2N4O2. The maximum atomic E-state index is 12.0. The summed E-state index contributed by atoms with van der Waals surface area (Å²) in [6, 6.07) is 9.77. The van der Waals surface area contributed by atoms with E-state index in [1.54, 1.807) is 36.4 Å². The van der Waals surface area contributed by atoms with Crippen LogP contribution in [0.5, 0.6) is 0 Å². The van der Waals surface area contributed by atoms with Gasteiger partial charge in [0.15, 0.2) is 0 Å². The Hall–Kier alpha value is -2.44. The second-order valence-electron chi connectivity index (χ2n) is 4.37. The van der Waals surface area contributed by atoms with Crippen LogP contribution >= 0.6 is 23.2 Å². The largest absolute Gasteiger partial charge is 0.271 e. The van der Waals surface area contributed by atoms with Crippen molar-refractivity contribution in [3.8, 4) is 0 Å². The Bertz CT molecular complexity index is 856. The number of nitrogens with one attached hydrogen (secondary N) is 1. The van der Waals surface area contributed by atoms with E-state index in [0.717, 1.165) is 0 Å². The van der Waals surface area contributed by atoms with Gasteiger partial charge in [-0.2, -0.15) is 5.10 Å². The Kier molecular flexibility index (Phi) is 4.04. The molecule has 22 heavy (non-hydrogen) atoms. The van der Waals surface area contributed by atoms with E-state index in [1.807, 2.05) is 0 Å². The first kappa shape index (κ1) is 14.5. The minimum absolute atomic E-state index is 0.380. The number of aromatic nitrogens is 2. The normalized spacial score (nSPS) is 11.2. The van der Waals surface area contributed by atoms with Gasteiger partial charge in [-0.05, 0) is 52.3 Å². The van der Waals surface area contributed by atoms with Crippen molar-refractivity contribution in [3.63, 3.8) is 0 Å². The summed E-state index contributed by atoms with van der Waals surface area (Å²) in [6.07, 6.45) is 1.45. The fourth-order valence-corrected chi connectivity index (χ4v) is 2.35. The van der Waals surface area contributed by atoms with Gasteiger partial charge in [-0.15, -0.1) is 0 Å². The van der Waals surface area contributed by atoms with Gasteiger partial charge in [0.05, 0.1) is 6.21 Å². The Morgan fingerprint density at radius 3 is 2.59 bits per heavy atom. The maximum absolute atomic E-state index is 12.0. The van der Waals surface area contributed by atoms with Gasteiger partial charge >= 0.3 is 0 Å². The lowest BCUT2D eigenvalue weighted by Gasteiger charge is -2.00. The molecule has 0 fully saturated rings. The number of halogens is 2. The molecule has 2 aromatic carbocycles. The van der Waals surface area contributed by atoms with Gasteiger partial charge in [-0.3, -0.25) is 4.79 Å². The van der Waals surface area contributed by atoms with E-state index in [-0.39, 0.29) is 5.91 Å². The van der Waals surface area contributed by atoms with Crippen molar-refractivity contribution in [1.29, 1.82) is 0 Å². The number of hydrazone groups is 1. The van der Waals surface area contributed by atoms with Crippen molar-refractivity contribution in [2.24, 2.45) is 5.10 Å². The van der Waals surface area contributed by atoms with Crippen LogP contribution in [0.25, 0.3) is 11.0 Å². The molecule has 0 bridgehead atoms. The van der Waals surface area contributed by atoms with E-state index >= 15 is 0 Å². The molecule has 0 spiro atoms. The Morgan fingerprint density at radius 1 is 1.09 bits per heavy atom. The number of fused-ring (bicyclic) bond motifs is 1. The second-order valence-corrected chi connectivity index (χ2v) is 5.24. The number of hydrogen-bond acceptors (Lipinski definition) is 5. The molecule has 1 N–H and O–H groups in total. The molecule has 0 atom stereocenters. The van der Waals surface area contributed by atoms with Gasteiger partial charge in [-0.1, -0.05) is 23.2 Å². The Labute approximate surface area is 134 Å². The molecule has 0 unspecified atom stereocenters. The summed E-state index contributed by atoms with van der Waals surface area (Å²) >= 11 is 11.8. The summed E-state index contributed by atoms with van der Waals surface area (Å²) in [4.78, 5) is 12.0. The molecule has 1 aromatic heterocycles. The highest BCUT2D eigenvalue weighted by Gasteiger charge is 2.07. The second kappa shape index (κ2) is 6.13. The molecule has 8 heteroatoms. The van der Waals surface area contributed by atoms with E-state index in [0.29, 0.717) is 32.2 Å². The van der Waals surface area contributed by atoms with Crippen LogP contribution < -0.4 is 5.43 Å². The van der Waals surface area contributed by atoms with Crippen molar-refractivity contribution in [1.82, 2.24) is 15.7 Å². The van der Waals surface area contributed by atoms with Crippen molar-refractivity contribution in [2.75, 3.05) is 0 Å². The smallest absolute Gasteiger partial charge is 0.267 e. The van der Waals surface area contributed by atoms with Crippen LogP contribution in [0.4, 0.5) is 0 Å². The molecule has 0 saturated heterocycles. The van der Waals surface area contributed by atoms with E-state index in [2.05, 4.69) is 25.5 Å². The standard InChI is InChI=1S/C14H8Cl2N4O2/c15-10-3-8(4-11(16)6-10)7-17-18-14(21)9-1-2-12-13(5-9)20-22-19-12/h1-7H,(H,18,21)/b17-7+. The van der Waals surface area contributed by atoms with E-state index in [9.17, 15) is 4.79 Å². The van der Waals surface area contributed by atoms with Gasteiger partial charge in [0.2, 0.25) is 0 Å². The van der Waals surface area contributed by atoms with Crippen molar-refractivity contribution >= 4 is 46.4 Å². The summed E-state index contributed by atoms with van der Waals surface area (Å²) in [5.41, 5.74) is 4.55. The van der Waals surface area contributed by atoms with Gasteiger partial charge in [0.1, 0.15) is 11.0 Å². The van der Waals surface area contributed by atoms with Gasteiger partial charge in [0, 0.05) is 15.6 Å².